The van der Waals surface area contributed by atoms with E-state index < -0.39 is 5.60 Å². The van der Waals surface area contributed by atoms with E-state index in [4.69, 9.17) is 10.1 Å². The van der Waals surface area contributed by atoms with E-state index in [2.05, 4.69) is 0 Å². The minimum Gasteiger partial charge on any atom is -0.380 e. The highest BCUT2D eigenvalue weighted by Crippen LogP contribution is 2.44. The molecule has 5 nitrogen and oxygen atoms in total. The van der Waals surface area contributed by atoms with Crippen LogP contribution in [0.3, 0.4) is 0 Å². The van der Waals surface area contributed by atoms with Crippen molar-refractivity contribution in [2.24, 2.45) is 5.10 Å². The third-order valence-corrected chi connectivity index (χ3v) is 8.07. The summed E-state index contributed by atoms with van der Waals surface area (Å²) in [5.74, 6) is 0.563. The lowest BCUT2D eigenvalue weighted by Gasteiger charge is -2.27. The van der Waals surface area contributed by atoms with Gasteiger partial charge in [-0.1, -0.05) is 60.7 Å². The molecule has 1 N–H and O–H groups in total. The molecule has 0 saturated heterocycles. The number of aromatic nitrogens is 2. The van der Waals surface area contributed by atoms with Crippen LogP contribution >= 0.6 is 11.3 Å². The van der Waals surface area contributed by atoms with E-state index in [0.29, 0.717) is 11.5 Å². The smallest absolute Gasteiger partial charge is 0.283 e. The van der Waals surface area contributed by atoms with E-state index in [1.54, 1.807) is 11.3 Å². The number of thiophene rings is 1. The first-order valence-corrected chi connectivity index (χ1v) is 12.5. The highest BCUT2D eigenvalue weighted by atomic mass is 32.1. The third-order valence-electron chi connectivity index (χ3n) is 6.89. The van der Waals surface area contributed by atoms with Crippen LogP contribution < -0.4 is 5.56 Å². The number of aryl methyl sites for hydroxylation is 3. The van der Waals surface area contributed by atoms with Gasteiger partial charge in [-0.2, -0.15) is 9.78 Å². The minimum absolute atomic E-state index is 0.112. The molecule has 6 heteroatoms. The number of hydrogen-bond acceptors (Lipinski definition) is 5. The van der Waals surface area contributed by atoms with Crippen molar-refractivity contribution in [3.63, 3.8) is 0 Å². The maximum atomic E-state index is 13.6. The highest BCUT2D eigenvalue weighted by molar-refractivity contribution is 7.18. The van der Waals surface area contributed by atoms with E-state index in [9.17, 15) is 9.90 Å². The van der Waals surface area contributed by atoms with Crippen molar-refractivity contribution in [1.82, 2.24) is 9.66 Å². The number of benzene rings is 2. The van der Waals surface area contributed by atoms with E-state index in [1.165, 1.54) is 16.0 Å². The largest absolute Gasteiger partial charge is 0.380 e. The van der Waals surface area contributed by atoms with Crippen molar-refractivity contribution in [1.29, 1.82) is 0 Å². The molecule has 34 heavy (non-hydrogen) atoms. The quantitative estimate of drug-likeness (QED) is 0.449. The van der Waals surface area contributed by atoms with Crippen LogP contribution in [0.2, 0.25) is 0 Å². The van der Waals surface area contributed by atoms with E-state index >= 15 is 0 Å². The molecular weight excluding hydrogens is 442 g/mol. The zero-order valence-electron chi connectivity index (χ0n) is 19.0. The SMILES string of the molecule is Cc1nc2sc3c(c2c(=O)n1/N=C1/C=C(c2ccccc2)C(O)(c2ccccc2)C1)CCCC3. The predicted molar refractivity (Wildman–Crippen MR) is 137 cm³/mol. The predicted octanol–water partition coefficient (Wildman–Crippen LogP) is 5.22. The van der Waals surface area contributed by atoms with Gasteiger partial charge in [0, 0.05) is 11.3 Å². The summed E-state index contributed by atoms with van der Waals surface area (Å²) < 4.78 is 1.43. The van der Waals surface area contributed by atoms with Crippen molar-refractivity contribution in [3.8, 4) is 0 Å². The Balaban J connectivity index is 1.51. The average Bonchev–Trinajstić information content (AvgIpc) is 3.41. The van der Waals surface area contributed by atoms with Crippen LogP contribution in [0.4, 0.5) is 0 Å². The lowest BCUT2D eigenvalue weighted by molar-refractivity contribution is 0.113. The summed E-state index contributed by atoms with van der Waals surface area (Å²) in [5.41, 5.74) is 3.00. The molecule has 2 aliphatic rings. The molecule has 0 saturated carbocycles. The number of aliphatic hydroxyl groups is 1. The molecule has 0 radical (unpaired) electrons. The van der Waals surface area contributed by atoms with Crippen LogP contribution in [0, 0.1) is 6.92 Å². The molecule has 4 aromatic rings. The van der Waals surface area contributed by atoms with Gasteiger partial charge in [0.1, 0.15) is 16.3 Å². The van der Waals surface area contributed by atoms with Crippen molar-refractivity contribution in [3.05, 3.63) is 104 Å². The number of fused-ring (bicyclic) bond motifs is 3. The van der Waals surface area contributed by atoms with Gasteiger partial charge >= 0.3 is 0 Å². The number of rotatable bonds is 3. The third kappa shape index (κ3) is 3.37. The number of allylic oxidation sites excluding steroid dienone is 1. The van der Waals surface area contributed by atoms with Gasteiger partial charge in [-0.05, 0) is 60.9 Å². The van der Waals surface area contributed by atoms with Gasteiger partial charge in [-0.15, -0.1) is 11.3 Å². The molecule has 0 fully saturated rings. The summed E-state index contributed by atoms with van der Waals surface area (Å²) in [6, 6.07) is 19.5. The molecule has 0 bridgehead atoms. The summed E-state index contributed by atoms with van der Waals surface area (Å²) in [6.45, 7) is 1.82. The molecule has 2 heterocycles. The Morgan fingerprint density at radius 2 is 1.74 bits per heavy atom. The summed E-state index contributed by atoms with van der Waals surface area (Å²) in [4.78, 5) is 20.4. The van der Waals surface area contributed by atoms with Crippen LogP contribution in [0.5, 0.6) is 0 Å². The van der Waals surface area contributed by atoms with E-state index in [-0.39, 0.29) is 12.0 Å². The maximum Gasteiger partial charge on any atom is 0.283 e. The fraction of sp³-hybridized carbons (Fsp3) is 0.250. The van der Waals surface area contributed by atoms with Crippen molar-refractivity contribution in [2.45, 2.75) is 44.6 Å². The normalized spacial score (nSPS) is 21.1. The van der Waals surface area contributed by atoms with E-state index in [1.807, 2.05) is 73.7 Å². The summed E-state index contributed by atoms with van der Waals surface area (Å²) in [5, 5.41) is 17.4. The topological polar surface area (TPSA) is 67.5 Å². The highest BCUT2D eigenvalue weighted by Gasteiger charge is 2.40. The van der Waals surface area contributed by atoms with Crippen LogP contribution in [0.25, 0.3) is 15.8 Å². The Morgan fingerprint density at radius 1 is 1.03 bits per heavy atom. The summed E-state index contributed by atoms with van der Waals surface area (Å²) in [6.07, 6.45) is 6.43. The van der Waals surface area contributed by atoms with Crippen molar-refractivity contribution in [2.75, 3.05) is 0 Å². The Hall–Kier alpha value is -3.35. The van der Waals surface area contributed by atoms with Gasteiger partial charge in [-0.3, -0.25) is 4.79 Å². The van der Waals surface area contributed by atoms with Gasteiger partial charge in [0.25, 0.3) is 5.56 Å². The molecule has 0 aliphatic heterocycles. The standard InChI is InChI=1S/C28H25N3O2S/c1-18-29-26-25(22-14-8-9-15-24(22)34-26)27(32)31(18)30-21-16-23(19-10-4-2-5-11-19)28(33,17-21)20-12-6-3-7-13-20/h2-7,10-13,16,33H,8-9,14-15,17H2,1H3/b30-21-. The Bertz CT molecular complexity index is 1520. The fourth-order valence-corrected chi connectivity index (χ4v) is 6.51. The van der Waals surface area contributed by atoms with Gasteiger partial charge in [0.05, 0.1) is 11.1 Å². The minimum atomic E-state index is -1.22. The van der Waals surface area contributed by atoms with Crippen molar-refractivity contribution < 1.29 is 5.11 Å². The van der Waals surface area contributed by atoms with Crippen molar-refractivity contribution >= 4 is 32.8 Å². The van der Waals surface area contributed by atoms with Crippen LogP contribution in [-0.4, -0.2) is 20.5 Å². The average molecular weight is 468 g/mol. The Labute approximate surface area is 201 Å². The number of nitrogens with zero attached hydrogens (tertiary/aromatic N) is 3. The van der Waals surface area contributed by atoms with E-state index in [0.717, 1.165) is 51.7 Å². The molecular formula is C28H25N3O2S. The lowest BCUT2D eigenvalue weighted by atomic mass is 9.84. The molecule has 0 amide bonds. The monoisotopic (exact) mass is 467 g/mol. The second kappa shape index (κ2) is 8.15. The number of hydrogen-bond donors (Lipinski definition) is 1. The Morgan fingerprint density at radius 3 is 2.50 bits per heavy atom. The first-order valence-electron chi connectivity index (χ1n) is 11.7. The molecule has 1 atom stereocenters. The van der Waals surface area contributed by atoms with Gasteiger partial charge < -0.3 is 5.11 Å². The Kier molecular flexibility index (Phi) is 5.08. The molecule has 2 aliphatic carbocycles. The lowest BCUT2D eigenvalue weighted by Crippen LogP contribution is -2.26. The summed E-state index contributed by atoms with van der Waals surface area (Å²) >= 11 is 1.65. The maximum absolute atomic E-state index is 13.6. The van der Waals surface area contributed by atoms with Gasteiger partial charge in [0.15, 0.2) is 0 Å². The first kappa shape index (κ1) is 21.2. The van der Waals surface area contributed by atoms with Crippen LogP contribution in [0.15, 0.2) is 76.6 Å². The van der Waals surface area contributed by atoms with Gasteiger partial charge in [0.2, 0.25) is 0 Å². The molecule has 2 aromatic carbocycles. The fourth-order valence-electron chi connectivity index (χ4n) is 5.21. The first-order chi connectivity index (χ1) is 16.5. The summed E-state index contributed by atoms with van der Waals surface area (Å²) in [7, 11) is 0. The zero-order valence-corrected chi connectivity index (χ0v) is 19.8. The molecule has 6 rings (SSSR count). The molecule has 2 aromatic heterocycles. The second-order valence-corrected chi connectivity index (χ2v) is 10.2. The van der Waals surface area contributed by atoms with Crippen LogP contribution in [-0.2, 0) is 18.4 Å². The van der Waals surface area contributed by atoms with Crippen LogP contribution in [0.1, 0.15) is 46.7 Å². The molecule has 1 unspecified atom stereocenters. The van der Waals surface area contributed by atoms with Gasteiger partial charge in [-0.25, -0.2) is 4.98 Å². The second-order valence-electron chi connectivity index (χ2n) is 9.09. The molecule has 0 spiro atoms. The zero-order chi connectivity index (χ0) is 23.3. The molecule has 170 valence electrons.